The molecule has 0 unspecified atom stereocenters. The number of ketones is 1. The number of nitrogens with zero attached hydrogens (tertiary/aromatic N) is 2. The van der Waals surface area contributed by atoms with Crippen molar-refractivity contribution in [3.05, 3.63) is 46.8 Å². The third-order valence-corrected chi connectivity index (χ3v) is 7.79. The molecular formula is C21H25N3O5S. The summed E-state index contributed by atoms with van der Waals surface area (Å²) in [5, 5.41) is 0. The van der Waals surface area contributed by atoms with Crippen LogP contribution in [0.15, 0.2) is 29.2 Å². The van der Waals surface area contributed by atoms with Gasteiger partial charge in [0.2, 0.25) is 10.0 Å². The van der Waals surface area contributed by atoms with E-state index in [0.717, 1.165) is 18.5 Å². The Hall–Kier alpha value is -2.65. The number of nitrogens with one attached hydrogen (secondary N) is 1. The fraction of sp³-hybridized carbons (Fsp3) is 0.429. The van der Waals surface area contributed by atoms with Crippen LogP contribution in [0.25, 0.3) is 0 Å². The molecule has 1 aliphatic heterocycles. The van der Waals surface area contributed by atoms with E-state index in [2.05, 4.69) is 4.98 Å². The molecule has 9 heteroatoms. The number of amides is 1. The van der Waals surface area contributed by atoms with Gasteiger partial charge in [0.25, 0.3) is 5.91 Å². The highest BCUT2D eigenvalue weighted by atomic mass is 32.2. The molecule has 0 radical (unpaired) electrons. The number of carbonyl (C=O) groups excluding carboxylic acids is 2. The number of benzene rings is 1. The Morgan fingerprint density at radius 3 is 2.33 bits per heavy atom. The lowest BCUT2D eigenvalue weighted by molar-refractivity contribution is 0.0691. The number of hydrogen-bond donors (Lipinski definition) is 1. The molecule has 0 spiro atoms. The minimum Gasteiger partial charge on any atom is -0.497 e. The minimum atomic E-state index is -3.63. The molecular weight excluding hydrogens is 406 g/mol. The average molecular weight is 432 g/mol. The maximum atomic E-state index is 13.0. The number of methoxy groups -OCH3 is 1. The Kier molecular flexibility index (Phi) is 5.42. The number of aryl methyl sites for hydroxylation is 1. The van der Waals surface area contributed by atoms with Crippen molar-refractivity contribution < 1.29 is 22.7 Å². The minimum absolute atomic E-state index is 0.0828. The molecule has 1 aliphatic carbocycles. The zero-order valence-corrected chi connectivity index (χ0v) is 17.9. The van der Waals surface area contributed by atoms with Crippen LogP contribution >= 0.6 is 0 Å². The van der Waals surface area contributed by atoms with Crippen LogP contribution in [0, 0.1) is 6.92 Å². The highest BCUT2D eigenvalue weighted by Crippen LogP contribution is 2.28. The zero-order chi connectivity index (χ0) is 21.5. The molecule has 1 aromatic carbocycles. The predicted octanol–water partition coefficient (Wildman–Crippen LogP) is 2.00. The SMILES string of the molecule is COc1ccc(S(=O)(=O)N2CCN(C(=O)c3[nH]c4c(c3C)C(=O)CCC4)CC2)cc1. The Balaban J connectivity index is 1.47. The van der Waals surface area contributed by atoms with E-state index < -0.39 is 10.0 Å². The number of ether oxygens (including phenoxy) is 1. The van der Waals surface area contributed by atoms with Gasteiger partial charge in [0.15, 0.2) is 5.78 Å². The summed E-state index contributed by atoms with van der Waals surface area (Å²) in [7, 11) is -2.11. The van der Waals surface area contributed by atoms with Crippen LogP contribution in [0.4, 0.5) is 0 Å². The van der Waals surface area contributed by atoms with Crippen molar-refractivity contribution in [3.8, 4) is 5.75 Å². The van der Waals surface area contributed by atoms with Crippen LogP contribution in [0.1, 0.15) is 44.9 Å². The Bertz CT molecular complexity index is 1080. The molecule has 1 N–H and O–H groups in total. The number of rotatable bonds is 4. The molecule has 0 saturated carbocycles. The summed E-state index contributed by atoms with van der Waals surface area (Å²) in [6, 6.07) is 6.28. The van der Waals surface area contributed by atoms with Gasteiger partial charge in [0.05, 0.1) is 12.0 Å². The molecule has 160 valence electrons. The van der Waals surface area contributed by atoms with Crippen LogP contribution in [0.2, 0.25) is 0 Å². The third kappa shape index (κ3) is 3.52. The van der Waals surface area contributed by atoms with Crippen molar-refractivity contribution in [2.75, 3.05) is 33.3 Å². The predicted molar refractivity (Wildman–Crippen MR) is 110 cm³/mol. The van der Waals surface area contributed by atoms with Crippen LogP contribution in [0.3, 0.4) is 0 Å². The molecule has 30 heavy (non-hydrogen) atoms. The average Bonchev–Trinajstić information content (AvgIpc) is 3.11. The van der Waals surface area contributed by atoms with Gasteiger partial charge in [-0.1, -0.05) is 0 Å². The second-order valence-electron chi connectivity index (χ2n) is 7.63. The van der Waals surface area contributed by atoms with Gasteiger partial charge in [-0.05, 0) is 49.6 Å². The van der Waals surface area contributed by atoms with E-state index in [4.69, 9.17) is 4.74 Å². The second kappa shape index (κ2) is 7.88. The van der Waals surface area contributed by atoms with Crippen LogP contribution in [-0.4, -0.2) is 67.6 Å². The summed E-state index contributed by atoms with van der Waals surface area (Å²) in [4.78, 5) is 30.3. The number of fused-ring (bicyclic) bond motifs is 1. The Morgan fingerprint density at radius 1 is 1.07 bits per heavy atom. The summed E-state index contributed by atoms with van der Waals surface area (Å²) in [5.41, 5.74) is 2.65. The molecule has 1 fully saturated rings. The van der Waals surface area contributed by atoms with Crippen LogP contribution in [-0.2, 0) is 16.4 Å². The van der Waals surface area contributed by atoms with E-state index >= 15 is 0 Å². The van der Waals surface area contributed by atoms with Crippen molar-refractivity contribution in [1.29, 1.82) is 0 Å². The number of hydrogen-bond acceptors (Lipinski definition) is 5. The van der Waals surface area contributed by atoms with Gasteiger partial charge in [0, 0.05) is 43.9 Å². The van der Waals surface area contributed by atoms with Crippen molar-refractivity contribution in [1.82, 2.24) is 14.2 Å². The fourth-order valence-corrected chi connectivity index (χ4v) is 5.60. The van der Waals surface area contributed by atoms with Gasteiger partial charge in [0.1, 0.15) is 11.4 Å². The first-order chi connectivity index (χ1) is 14.3. The Labute approximate surface area is 175 Å². The number of carbonyl (C=O) groups is 2. The van der Waals surface area contributed by atoms with Crippen LogP contribution < -0.4 is 4.74 Å². The quantitative estimate of drug-likeness (QED) is 0.798. The number of H-pyrrole nitrogens is 1. The van der Waals surface area contributed by atoms with E-state index in [9.17, 15) is 18.0 Å². The van der Waals surface area contributed by atoms with Crippen LogP contribution in [0.5, 0.6) is 5.75 Å². The van der Waals surface area contributed by atoms with Gasteiger partial charge < -0.3 is 14.6 Å². The third-order valence-electron chi connectivity index (χ3n) is 5.87. The second-order valence-corrected chi connectivity index (χ2v) is 9.57. The lowest BCUT2D eigenvalue weighted by atomic mass is 9.94. The monoisotopic (exact) mass is 431 g/mol. The van der Waals surface area contributed by atoms with Gasteiger partial charge in [-0.3, -0.25) is 9.59 Å². The number of aromatic amines is 1. The fourth-order valence-electron chi connectivity index (χ4n) is 4.17. The van der Waals surface area contributed by atoms with Crippen molar-refractivity contribution in [3.63, 3.8) is 0 Å². The summed E-state index contributed by atoms with van der Waals surface area (Å²) in [5.74, 6) is 0.488. The van der Waals surface area contributed by atoms with Gasteiger partial charge in [-0.15, -0.1) is 0 Å². The van der Waals surface area contributed by atoms with Crippen molar-refractivity contribution in [2.24, 2.45) is 0 Å². The number of piperazine rings is 1. The molecule has 4 rings (SSSR count). The van der Waals surface area contributed by atoms with Crippen molar-refractivity contribution >= 4 is 21.7 Å². The number of Topliss-reactive ketones (excluding diaryl/α,β-unsaturated/α-hetero) is 1. The first kappa shape index (κ1) is 20.6. The van der Waals surface area contributed by atoms with Gasteiger partial charge in [-0.2, -0.15) is 4.31 Å². The van der Waals surface area contributed by atoms with E-state index in [1.165, 1.54) is 23.5 Å². The Morgan fingerprint density at radius 2 is 1.73 bits per heavy atom. The molecule has 2 aliphatic rings. The number of aromatic nitrogens is 1. The maximum Gasteiger partial charge on any atom is 0.270 e. The summed E-state index contributed by atoms with van der Waals surface area (Å²) < 4.78 is 32.3. The highest BCUT2D eigenvalue weighted by molar-refractivity contribution is 7.89. The highest BCUT2D eigenvalue weighted by Gasteiger charge is 2.33. The molecule has 1 saturated heterocycles. The van der Waals surface area contributed by atoms with E-state index in [1.807, 2.05) is 0 Å². The molecule has 1 aromatic heterocycles. The maximum absolute atomic E-state index is 13.0. The molecule has 1 amide bonds. The molecule has 0 bridgehead atoms. The van der Waals surface area contributed by atoms with Gasteiger partial charge in [-0.25, -0.2) is 8.42 Å². The zero-order valence-electron chi connectivity index (χ0n) is 17.1. The number of sulfonamides is 1. The van der Waals surface area contributed by atoms with E-state index in [1.54, 1.807) is 24.0 Å². The first-order valence-electron chi connectivity index (χ1n) is 10.0. The first-order valence-corrected chi connectivity index (χ1v) is 11.4. The normalized spacial score (nSPS) is 17.7. The smallest absolute Gasteiger partial charge is 0.270 e. The largest absolute Gasteiger partial charge is 0.497 e. The molecule has 8 nitrogen and oxygen atoms in total. The molecule has 0 atom stereocenters. The molecule has 2 heterocycles. The summed E-state index contributed by atoms with van der Waals surface area (Å²) in [6.45, 7) is 2.84. The topological polar surface area (TPSA) is 99.8 Å². The molecule has 2 aromatic rings. The lowest BCUT2D eigenvalue weighted by Crippen LogP contribution is -2.50. The van der Waals surface area contributed by atoms with E-state index in [-0.39, 0.29) is 29.7 Å². The summed E-state index contributed by atoms with van der Waals surface area (Å²) in [6.07, 6.45) is 2.08. The van der Waals surface area contributed by atoms with E-state index in [0.29, 0.717) is 42.1 Å². The van der Waals surface area contributed by atoms with Gasteiger partial charge >= 0.3 is 0 Å². The standard InChI is InChI=1S/C21H25N3O5S/c1-14-19-17(4-3-5-18(19)25)22-20(14)21(26)23-10-12-24(13-11-23)30(27,28)16-8-6-15(29-2)7-9-16/h6-9,22H,3-5,10-13H2,1-2H3. The van der Waals surface area contributed by atoms with Crippen molar-refractivity contribution in [2.45, 2.75) is 31.1 Å². The summed E-state index contributed by atoms with van der Waals surface area (Å²) >= 11 is 0. The lowest BCUT2D eigenvalue weighted by Gasteiger charge is -2.34.